The van der Waals surface area contributed by atoms with Gasteiger partial charge in [0.1, 0.15) is 0 Å². The second-order valence-electron chi connectivity index (χ2n) is 5.03. The average molecular weight is 202 g/mol. The molecule has 0 amide bonds. The lowest BCUT2D eigenvalue weighted by molar-refractivity contribution is 0.298. The molecule has 2 aliphatic heterocycles. The number of nitrogens with one attached hydrogen (secondary N) is 1. The number of hydrogen-bond acceptors (Lipinski definition) is 2. The molecular weight excluding hydrogens is 184 g/mol. The minimum absolute atomic E-state index is 0.815. The smallest absolute Gasteiger partial charge is 0.0270 e. The van der Waals surface area contributed by atoms with E-state index in [0.29, 0.717) is 0 Å². The van der Waals surface area contributed by atoms with Crippen molar-refractivity contribution in [2.45, 2.75) is 44.2 Å². The fraction of sp³-hybridized carbons (Fsp3) is 0.615. The van der Waals surface area contributed by atoms with Gasteiger partial charge in [-0.05, 0) is 55.7 Å². The highest BCUT2D eigenvalue weighted by Gasteiger charge is 2.33. The summed E-state index contributed by atoms with van der Waals surface area (Å²) in [6.07, 6.45) is 10.6. The number of fused-ring (bicyclic) bond motifs is 2. The molecule has 2 fully saturated rings. The molecule has 2 bridgehead atoms. The summed E-state index contributed by atoms with van der Waals surface area (Å²) in [6, 6.07) is 5.94. The molecule has 2 heteroatoms. The molecule has 2 aliphatic rings. The van der Waals surface area contributed by atoms with E-state index in [0.717, 1.165) is 18.0 Å². The van der Waals surface area contributed by atoms with Crippen molar-refractivity contribution in [1.29, 1.82) is 0 Å². The van der Waals surface area contributed by atoms with Crippen LogP contribution in [0.3, 0.4) is 0 Å². The first kappa shape index (κ1) is 9.34. The summed E-state index contributed by atoms with van der Waals surface area (Å²) in [4.78, 5) is 4.07. The molecule has 80 valence electrons. The van der Waals surface area contributed by atoms with Crippen LogP contribution in [0.1, 0.15) is 31.2 Å². The third kappa shape index (κ3) is 2.05. The van der Waals surface area contributed by atoms with Gasteiger partial charge in [-0.15, -0.1) is 0 Å². The summed E-state index contributed by atoms with van der Waals surface area (Å²) in [5.41, 5.74) is 1.45. The molecular formula is C13H18N2. The van der Waals surface area contributed by atoms with Crippen LogP contribution in [0.4, 0.5) is 0 Å². The molecule has 1 aromatic heterocycles. The fourth-order valence-electron chi connectivity index (χ4n) is 3.19. The molecule has 2 atom stereocenters. The molecule has 0 aliphatic carbocycles. The third-order valence-electron chi connectivity index (χ3n) is 3.84. The minimum Gasteiger partial charge on any atom is -0.311 e. The zero-order valence-electron chi connectivity index (χ0n) is 9.02. The van der Waals surface area contributed by atoms with Gasteiger partial charge in [0.2, 0.25) is 0 Å². The number of rotatable bonds is 2. The predicted molar refractivity (Wildman–Crippen MR) is 60.6 cm³/mol. The summed E-state index contributed by atoms with van der Waals surface area (Å²) < 4.78 is 0. The zero-order valence-corrected chi connectivity index (χ0v) is 9.02. The lowest BCUT2D eigenvalue weighted by Gasteiger charge is -2.29. The van der Waals surface area contributed by atoms with Crippen LogP contribution in [-0.2, 0) is 6.42 Å². The van der Waals surface area contributed by atoms with Crippen molar-refractivity contribution >= 4 is 0 Å². The average Bonchev–Trinajstić information content (AvgIpc) is 2.60. The maximum Gasteiger partial charge on any atom is 0.0270 e. The van der Waals surface area contributed by atoms with Crippen molar-refractivity contribution in [3.63, 3.8) is 0 Å². The van der Waals surface area contributed by atoms with E-state index < -0.39 is 0 Å². The molecule has 0 aromatic carbocycles. The van der Waals surface area contributed by atoms with Crippen molar-refractivity contribution in [3.8, 4) is 0 Å². The Morgan fingerprint density at radius 3 is 2.47 bits per heavy atom. The van der Waals surface area contributed by atoms with E-state index in [4.69, 9.17) is 0 Å². The summed E-state index contributed by atoms with van der Waals surface area (Å²) in [6.45, 7) is 0. The van der Waals surface area contributed by atoms with Gasteiger partial charge in [-0.1, -0.05) is 0 Å². The quantitative estimate of drug-likeness (QED) is 0.795. The minimum atomic E-state index is 0.815. The van der Waals surface area contributed by atoms with E-state index in [1.54, 1.807) is 0 Å². The highest BCUT2D eigenvalue weighted by atomic mass is 15.0. The first-order valence-electron chi connectivity index (χ1n) is 6.05. The molecule has 2 unspecified atom stereocenters. The summed E-state index contributed by atoms with van der Waals surface area (Å²) in [5, 5.41) is 3.69. The maximum atomic E-state index is 4.07. The second-order valence-corrected chi connectivity index (χ2v) is 5.03. The van der Waals surface area contributed by atoms with Gasteiger partial charge < -0.3 is 5.32 Å². The van der Waals surface area contributed by atoms with E-state index in [1.165, 1.54) is 37.7 Å². The standard InChI is InChI=1S/C13H18N2/c1-2-13-9-11(8-12(1)15-13)7-10-3-5-14-6-4-10/h3-6,11-13,15H,1-2,7-9H2. The van der Waals surface area contributed by atoms with Crippen LogP contribution in [0.2, 0.25) is 0 Å². The third-order valence-corrected chi connectivity index (χ3v) is 3.84. The lowest BCUT2D eigenvalue weighted by atomic mass is 9.87. The van der Waals surface area contributed by atoms with Crippen LogP contribution in [-0.4, -0.2) is 17.1 Å². The molecule has 1 aromatic rings. The second kappa shape index (κ2) is 3.93. The Hall–Kier alpha value is -0.890. The largest absolute Gasteiger partial charge is 0.311 e. The molecule has 3 heterocycles. The predicted octanol–water partition coefficient (Wildman–Crippen LogP) is 2.15. The Labute approximate surface area is 91.1 Å². The molecule has 2 nitrogen and oxygen atoms in total. The van der Waals surface area contributed by atoms with Crippen LogP contribution in [0.15, 0.2) is 24.5 Å². The Morgan fingerprint density at radius 2 is 1.80 bits per heavy atom. The van der Waals surface area contributed by atoms with E-state index in [1.807, 2.05) is 12.4 Å². The van der Waals surface area contributed by atoms with Gasteiger partial charge in [-0.2, -0.15) is 0 Å². The van der Waals surface area contributed by atoms with Crippen molar-refractivity contribution in [2.24, 2.45) is 5.92 Å². The summed E-state index contributed by atoms with van der Waals surface area (Å²) in [5.74, 6) is 0.895. The van der Waals surface area contributed by atoms with E-state index in [2.05, 4.69) is 22.4 Å². The number of pyridine rings is 1. The Balaban J connectivity index is 1.65. The van der Waals surface area contributed by atoms with Gasteiger partial charge in [-0.3, -0.25) is 4.98 Å². The Kier molecular flexibility index (Phi) is 2.45. The number of aromatic nitrogens is 1. The summed E-state index contributed by atoms with van der Waals surface area (Å²) in [7, 11) is 0. The van der Waals surface area contributed by atoms with Crippen LogP contribution < -0.4 is 5.32 Å². The number of nitrogens with zero attached hydrogens (tertiary/aromatic N) is 1. The molecule has 15 heavy (non-hydrogen) atoms. The highest BCUT2D eigenvalue weighted by molar-refractivity contribution is 5.11. The first-order valence-corrected chi connectivity index (χ1v) is 6.05. The van der Waals surface area contributed by atoms with Crippen molar-refractivity contribution < 1.29 is 0 Å². The van der Waals surface area contributed by atoms with E-state index >= 15 is 0 Å². The van der Waals surface area contributed by atoms with Gasteiger partial charge in [0.25, 0.3) is 0 Å². The molecule has 0 radical (unpaired) electrons. The van der Waals surface area contributed by atoms with E-state index in [-0.39, 0.29) is 0 Å². The number of hydrogen-bond donors (Lipinski definition) is 1. The monoisotopic (exact) mass is 202 g/mol. The molecule has 0 spiro atoms. The van der Waals surface area contributed by atoms with Crippen LogP contribution in [0, 0.1) is 5.92 Å². The molecule has 2 saturated heterocycles. The molecule has 0 saturated carbocycles. The summed E-state index contributed by atoms with van der Waals surface area (Å²) >= 11 is 0. The van der Waals surface area contributed by atoms with Crippen molar-refractivity contribution in [1.82, 2.24) is 10.3 Å². The van der Waals surface area contributed by atoms with Gasteiger partial charge in [0, 0.05) is 24.5 Å². The van der Waals surface area contributed by atoms with Gasteiger partial charge in [-0.25, -0.2) is 0 Å². The van der Waals surface area contributed by atoms with Gasteiger partial charge in [0.15, 0.2) is 0 Å². The normalized spacial score (nSPS) is 34.3. The van der Waals surface area contributed by atoms with Crippen LogP contribution >= 0.6 is 0 Å². The Morgan fingerprint density at radius 1 is 1.13 bits per heavy atom. The number of piperidine rings is 1. The van der Waals surface area contributed by atoms with Gasteiger partial charge >= 0.3 is 0 Å². The van der Waals surface area contributed by atoms with Crippen LogP contribution in [0.5, 0.6) is 0 Å². The van der Waals surface area contributed by atoms with Crippen molar-refractivity contribution in [3.05, 3.63) is 30.1 Å². The first-order chi connectivity index (χ1) is 7.40. The zero-order chi connectivity index (χ0) is 10.1. The van der Waals surface area contributed by atoms with Gasteiger partial charge in [0.05, 0.1) is 0 Å². The van der Waals surface area contributed by atoms with Crippen molar-refractivity contribution in [2.75, 3.05) is 0 Å². The van der Waals surface area contributed by atoms with E-state index in [9.17, 15) is 0 Å². The molecule has 1 N–H and O–H groups in total. The Bertz CT molecular complexity index is 311. The topological polar surface area (TPSA) is 24.9 Å². The fourth-order valence-corrected chi connectivity index (χ4v) is 3.19. The maximum absolute atomic E-state index is 4.07. The molecule has 3 rings (SSSR count). The SMILES string of the molecule is c1cc(CC2CC3CCC(C2)N3)ccn1. The highest BCUT2D eigenvalue weighted by Crippen LogP contribution is 2.32. The lowest BCUT2D eigenvalue weighted by Crippen LogP contribution is -2.38. The van der Waals surface area contributed by atoms with Crippen LogP contribution in [0.25, 0.3) is 0 Å².